The molecule has 184 valence electrons. The Morgan fingerprint density at radius 1 is 1.03 bits per heavy atom. The molecule has 2 aromatic heterocycles. The van der Waals surface area contributed by atoms with E-state index in [2.05, 4.69) is 10.00 Å². The Bertz CT molecular complexity index is 1410. The number of nitro benzene ring substituents is 1. The Balaban J connectivity index is 1.38. The number of nitro groups is 1. The Labute approximate surface area is 209 Å². The number of carbonyl (C=O) groups is 1. The molecule has 9 nitrogen and oxygen atoms in total. The smallest absolute Gasteiger partial charge is 0.269 e. The van der Waals surface area contributed by atoms with Crippen LogP contribution in [0.25, 0.3) is 22.3 Å². The van der Waals surface area contributed by atoms with E-state index in [0.717, 1.165) is 22.2 Å². The molecule has 0 atom stereocenters. The zero-order valence-electron chi connectivity index (χ0n) is 20.4. The van der Waals surface area contributed by atoms with Gasteiger partial charge in [-0.05, 0) is 25.5 Å². The highest BCUT2D eigenvalue weighted by molar-refractivity contribution is 6.06. The molecule has 1 aliphatic heterocycles. The summed E-state index contributed by atoms with van der Waals surface area (Å²) < 4.78 is 1.86. The zero-order chi connectivity index (χ0) is 25.2. The third-order valence-electron chi connectivity index (χ3n) is 6.54. The number of benzene rings is 2. The van der Waals surface area contributed by atoms with Gasteiger partial charge in [0.25, 0.3) is 11.6 Å². The van der Waals surface area contributed by atoms with Gasteiger partial charge in [-0.25, -0.2) is 9.67 Å². The number of hydrogen-bond donors (Lipinski definition) is 0. The number of pyridine rings is 1. The van der Waals surface area contributed by atoms with Gasteiger partial charge >= 0.3 is 0 Å². The average molecular weight is 485 g/mol. The van der Waals surface area contributed by atoms with Crippen molar-refractivity contribution in [3.8, 4) is 11.3 Å². The molecule has 4 aromatic rings. The molecule has 0 radical (unpaired) electrons. The van der Waals surface area contributed by atoms with E-state index in [-0.39, 0.29) is 22.6 Å². The van der Waals surface area contributed by atoms with Crippen molar-refractivity contribution >= 4 is 22.6 Å². The second-order valence-corrected chi connectivity index (χ2v) is 9.34. The van der Waals surface area contributed by atoms with Crippen LogP contribution in [0.1, 0.15) is 35.8 Å². The van der Waals surface area contributed by atoms with Gasteiger partial charge in [0.1, 0.15) is 0 Å². The van der Waals surface area contributed by atoms with Gasteiger partial charge in [-0.1, -0.05) is 42.5 Å². The van der Waals surface area contributed by atoms with Crippen LogP contribution < -0.4 is 0 Å². The monoisotopic (exact) mass is 484 g/mol. The van der Waals surface area contributed by atoms with Crippen molar-refractivity contribution in [2.45, 2.75) is 26.4 Å². The van der Waals surface area contributed by atoms with Gasteiger partial charge in [-0.2, -0.15) is 5.10 Å². The quantitative estimate of drug-likeness (QED) is 0.294. The fourth-order valence-electron chi connectivity index (χ4n) is 4.64. The first kappa shape index (κ1) is 23.6. The summed E-state index contributed by atoms with van der Waals surface area (Å²) >= 11 is 0. The fourth-order valence-corrected chi connectivity index (χ4v) is 4.64. The summed E-state index contributed by atoms with van der Waals surface area (Å²) in [5.41, 5.74) is 4.01. The molecule has 1 saturated heterocycles. The second-order valence-electron chi connectivity index (χ2n) is 9.34. The van der Waals surface area contributed by atoms with Crippen LogP contribution >= 0.6 is 0 Å². The summed E-state index contributed by atoms with van der Waals surface area (Å²) in [7, 11) is 0. The minimum Gasteiger partial charge on any atom is -0.336 e. The third-order valence-corrected chi connectivity index (χ3v) is 6.54. The van der Waals surface area contributed by atoms with E-state index in [9.17, 15) is 14.9 Å². The second kappa shape index (κ2) is 9.87. The highest BCUT2D eigenvalue weighted by atomic mass is 16.6. The molecule has 9 heteroatoms. The number of aromatic nitrogens is 3. The van der Waals surface area contributed by atoms with Crippen LogP contribution in [0.3, 0.4) is 0 Å². The summed E-state index contributed by atoms with van der Waals surface area (Å²) in [6.45, 7) is 7.26. The van der Waals surface area contributed by atoms with Gasteiger partial charge in [0.05, 0.1) is 27.8 Å². The third kappa shape index (κ3) is 4.70. The largest absolute Gasteiger partial charge is 0.336 e. The van der Waals surface area contributed by atoms with Gasteiger partial charge in [0.2, 0.25) is 0 Å². The standard InChI is InChI=1S/C27H28N6O3/c1-19(2)32-26-24(17-28-32)23(16-25(29-26)21-8-4-3-5-9-21)27(34)31-13-11-30(12-14-31)18-20-7-6-10-22(15-20)33(35)36/h3-10,15-17,19H,11-14,18H2,1-2H3. The molecular formula is C27H28N6O3. The first-order chi connectivity index (χ1) is 17.4. The van der Waals surface area contributed by atoms with Crippen molar-refractivity contribution in [3.05, 3.63) is 88.1 Å². The van der Waals surface area contributed by atoms with E-state index in [1.165, 1.54) is 6.07 Å². The molecule has 1 amide bonds. The molecule has 36 heavy (non-hydrogen) atoms. The number of rotatable bonds is 6. The van der Waals surface area contributed by atoms with Gasteiger partial charge in [-0.3, -0.25) is 19.8 Å². The van der Waals surface area contributed by atoms with Gasteiger partial charge in [0, 0.05) is 56.5 Å². The molecule has 0 saturated carbocycles. The molecular weight excluding hydrogens is 456 g/mol. The van der Waals surface area contributed by atoms with Crippen LogP contribution in [0, 0.1) is 10.1 Å². The minimum atomic E-state index is -0.374. The molecule has 3 heterocycles. The van der Waals surface area contributed by atoms with Crippen molar-refractivity contribution in [2.75, 3.05) is 26.2 Å². The maximum absolute atomic E-state index is 13.7. The fraction of sp³-hybridized carbons (Fsp3) is 0.296. The van der Waals surface area contributed by atoms with Crippen molar-refractivity contribution < 1.29 is 9.72 Å². The lowest BCUT2D eigenvalue weighted by Crippen LogP contribution is -2.48. The summed E-state index contributed by atoms with van der Waals surface area (Å²) in [5.74, 6) is -0.0297. The van der Waals surface area contributed by atoms with Crippen LogP contribution in [0.2, 0.25) is 0 Å². The Kier molecular flexibility index (Phi) is 6.47. The highest BCUT2D eigenvalue weighted by Crippen LogP contribution is 2.27. The molecule has 2 aromatic carbocycles. The van der Waals surface area contributed by atoms with E-state index in [0.29, 0.717) is 43.9 Å². The first-order valence-corrected chi connectivity index (χ1v) is 12.1. The SMILES string of the molecule is CC(C)n1ncc2c(C(=O)N3CCN(Cc4cccc([N+](=O)[O-])c4)CC3)cc(-c3ccccc3)nc21. The van der Waals surface area contributed by atoms with Gasteiger partial charge in [0.15, 0.2) is 5.65 Å². The van der Waals surface area contributed by atoms with E-state index in [4.69, 9.17) is 4.98 Å². The lowest BCUT2D eigenvalue weighted by molar-refractivity contribution is -0.384. The number of carbonyl (C=O) groups excluding carboxylic acids is 1. The predicted molar refractivity (Wildman–Crippen MR) is 138 cm³/mol. The van der Waals surface area contributed by atoms with E-state index in [1.807, 2.05) is 65.9 Å². The van der Waals surface area contributed by atoms with E-state index >= 15 is 0 Å². The highest BCUT2D eigenvalue weighted by Gasteiger charge is 2.26. The average Bonchev–Trinajstić information content (AvgIpc) is 3.33. The minimum absolute atomic E-state index is 0.0297. The summed E-state index contributed by atoms with van der Waals surface area (Å²) in [4.78, 5) is 33.4. The van der Waals surface area contributed by atoms with Crippen LogP contribution in [-0.2, 0) is 6.54 Å². The molecule has 0 bridgehead atoms. The Hall–Kier alpha value is -4.11. The lowest BCUT2D eigenvalue weighted by atomic mass is 10.1. The maximum atomic E-state index is 13.7. The molecule has 0 spiro atoms. The number of fused-ring (bicyclic) bond motifs is 1. The molecule has 1 fully saturated rings. The Morgan fingerprint density at radius 2 is 1.78 bits per heavy atom. The van der Waals surface area contributed by atoms with Crippen molar-refractivity contribution in [2.24, 2.45) is 0 Å². The van der Waals surface area contributed by atoms with Crippen molar-refractivity contribution in [3.63, 3.8) is 0 Å². The van der Waals surface area contributed by atoms with Crippen LogP contribution in [0.4, 0.5) is 5.69 Å². The van der Waals surface area contributed by atoms with Crippen LogP contribution in [0.5, 0.6) is 0 Å². The van der Waals surface area contributed by atoms with Crippen LogP contribution in [0.15, 0.2) is 66.9 Å². The molecule has 0 N–H and O–H groups in total. The van der Waals surface area contributed by atoms with Gasteiger partial charge < -0.3 is 4.90 Å². The topological polar surface area (TPSA) is 97.4 Å². The molecule has 0 aliphatic carbocycles. The summed E-state index contributed by atoms with van der Waals surface area (Å²) in [6, 6.07) is 18.6. The van der Waals surface area contributed by atoms with E-state index < -0.39 is 0 Å². The number of amides is 1. The van der Waals surface area contributed by atoms with Crippen LogP contribution in [-0.4, -0.2) is 61.6 Å². The summed E-state index contributed by atoms with van der Waals surface area (Å²) in [5, 5.41) is 16.4. The number of nitrogens with zero attached hydrogens (tertiary/aromatic N) is 6. The predicted octanol–water partition coefficient (Wildman–Crippen LogP) is 4.55. The van der Waals surface area contributed by atoms with Crippen molar-refractivity contribution in [1.29, 1.82) is 0 Å². The molecule has 5 rings (SSSR count). The van der Waals surface area contributed by atoms with E-state index in [1.54, 1.807) is 18.3 Å². The number of hydrogen-bond acceptors (Lipinski definition) is 6. The zero-order valence-corrected chi connectivity index (χ0v) is 20.4. The van der Waals surface area contributed by atoms with Gasteiger partial charge in [-0.15, -0.1) is 0 Å². The number of non-ortho nitro benzene ring substituents is 1. The number of piperazine rings is 1. The molecule has 1 aliphatic rings. The summed E-state index contributed by atoms with van der Waals surface area (Å²) in [6.07, 6.45) is 1.74. The molecule has 0 unspecified atom stereocenters. The normalized spacial score (nSPS) is 14.5. The first-order valence-electron chi connectivity index (χ1n) is 12.1. The maximum Gasteiger partial charge on any atom is 0.269 e. The van der Waals surface area contributed by atoms with Crippen molar-refractivity contribution in [1.82, 2.24) is 24.6 Å². The Morgan fingerprint density at radius 3 is 2.47 bits per heavy atom. The lowest BCUT2D eigenvalue weighted by Gasteiger charge is -2.35.